The van der Waals surface area contributed by atoms with Crippen molar-refractivity contribution < 1.29 is 26.5 Å². The maximum atomic E-state index is 12.8. The molecule has 3 aromatic rings. The van der Waals surface area contributed by atoms with E-state index in [0.29, 0.717) is 22.3 Å². The fraction of sp³-hybridized carbons (Fsp3) is 0.250. The number of benzene rings is 1. The van der Waals surface area contributed by atoms with Gasteiger partial charge in [0.05, 0.1) is 10.8 Å². The van der Waals surface area contributed by atoms with Crippen LogP contribution >= 0.6 is 11.3 Å². The topological polar surface area (TPSA) is 54.3 Å². The first-order valence-electron chi connectivity index (χ1n) is 6.77. The molecule has 0 aliphatic heterocycles. The Hall–Kier alpha value is -1.85. The zero-order valence-electron chi connectivity index (χ0n) is 12.5. The van der Waals surface area contributed by atoms with Gasteiger partial charge in [-0.3, -0.25) is 4.79 Å². The van der Waals surface area contributed by atoms with Crippen molar-refractivity contribution in [1.82, 2.24) is 0 Å². The molecule has 3 rings (SSSR count). The molecule has 0 atom stereocenters. The van der Waals surface area contributed by atoms with Gasteiger partial charge in [0.2, 0.25) is 16.1 Å². The summed E-state index contributed by atoms with van der Waals surface area (Å²) in [5.74, 6) is 0.658. The second kappa shape index (κ2) is 6.10. The minimum Gasteiger partial charge on any atom is -1.00 e. The van der Waals surface area contributed by atoms with E-state index in [4.69, 9.17) is 4.42 Å². The van der Waals surface area contributed by atoms with Crippen LogP contribution in [0.15, 0.2) is 32.8 Å². The van der Waals surface area contributed by atoms with Crippen molar-refractivity contribution in [2.45, 2.75) is 27.3 Å². The Labute approximate surface area is 138 Å². The van der Waals surface area contributed by atoms with Crippen LogP contribution < -0.4 is 22.4 Å². The molecule has 2 heterocycles. The summed E-state index contributed by atoms with van der Waals surface area (Å²) in [5.41, 5.74) is 1.84. The zero-order valence-corrected chi connectivity index (χ0v) is 14.1. The number of hydrogen-bond acceptors (Lipinski definition) is 4. The Balaban J connectivity index is 0.00000176. The third-order valence-corrected chi connectivity index (χ3v) is 4.54. The van der Waals surface area contributed by atoms with Crippen molar-refractivity contribution >= 4 is 22.3 Å². The van der Waals surface area contributed by atoms with Crippen molar-refractivity contribution in [2.75, 3.05) is 0 Å². The van der Waals surface area contributed by atoms with Crippen molar-refractivity contribution in [3.05, 3.63) is 44.6 Å². The molecular formula is C16H16ClNO3S. The molecule has 0 radical (unpaired) electrons. The molecule has 2 aromatic heterocycles. The number of phenolic OH excluding ortho intramolecular Hbond substituents is 1. The third-order valence-electron chi connectivity index (χ3n) is 3.64. The first kappa shape index (κ1) is 16.5. The van der Waals surface area contributed by atoms with E-state index in [-0.39, 0.29) is 23.6 Å². The van der Waals surface area contributed by atoms with Gasteiger partial charge in [-0.2, -0.15) is 4.57 Å². The Morgan fingerprint density at radius 1 is 1.32 bits per heavy atom. The van der Waals surface area contributed by atoms with Gasteiger partial charge in [-0.15, -0.1) is 0 Å². The summed E-state index contributed by atoms with van der Waals surface area (Å²) in [6.07, 6.45) is 0. The Morgan fingerprint density at radius 3 is 2.73 bits per heavy atom. The van der Waals surface area contributed by atoms with Crippen molar-refractivity contribution in [2.24, 2.45) is 0 Å². The first-order chi connectivity index (χ1) is 10.0. The smallest absolute Gasteiger partial charge is 0.234 e. The lowest BCUT2D eigenvalue weighted by Crippen LogP contribution is -3.00. The highest BCUT2D eigenvalue weighted by molar-refractivity contribution is 7.09. The number of aromatic hydroxyl groups is 1. The van der Waals surface area contributed by atoms with Gasteiger partial charge >= 0.3 is 0 Å². The molecule has 4 nitrogen and oxygen atoms in total. The molecule has 0 saturated carbocycles. The molecule has 0 aliphatic rings. The SMILES string of the molecule is CC[n+]1c(-c2c(C)oc3cc(O)ccc3c2=O)csc1C.[Cl-]. The van der Waals surface area contributed by atoms with Gasteiger partial charge in [0.25, 0.3) is 0 Å². The quantitative estimate of drug-likeness (QED) is 0.678. The van der Waals surface area contributed by atoms with Gasteiger partial charge < -0.3 is 21.9 Å². The molecule has 0 fully saturated rings. The predicted octanol–water partition coefficient (Wildman–Crippen LogP) is 0.155. The monoisotopic (exact) mass is 337 g/mol. The summed E-state index contributed by atoms with van der Waals surface area (Å²) < 4.78 is 7.86. The number of rotatable bonds is 2. The fourth-order valence-electron chi connectivity index (χ4n) is 2.62. The van der Waals surface area contributed by atoms with E-state index in [1.807, 2.05) is 12.3 Å². The third kappa shape index (κ3) is 2.51. The molecule has 0 bridgehead atoms. The van der Waals surface area contributed by atoms with Crippen LogP contribution in [0.5, 0.6) is 5.75 Å². The first-order valence-corrected chi connectivity index (χ1v) is 7.65. The number of aryl methyl sites for hydroxylation is 2. The van der Waals surface area contributed by atoms with E-state index >= 15 is 0 Å². The number of phenols is 1. The Kier molecular flexibility index (Phi) is 4.58. The highest BCUT2D eigenvalue weighted by Crippen LogP contribution is 2.26. The number of fused-ring (bicyclic) bond motifs is 1. The largest absolute Gasteiger partial charge is 1.00 e. The van der Waals surface area contributed by atoms with Crippen LogP contribution in [-0.4, -0.2) is 5.11 Å². The normalized spacial score (nSPS) is 10.7. The molecule has 0 unspecified atom stereocenters. The predicted molar refractivity (Wildman–Crippen MR) is 82.8 cm³/mol. The van der Waals surface area contributed by atoms with Crippen LogP contribution in [0.4, 0.5) is 0 Å². The molecule has 0 amide bonds. The lowest BCUT2D eigenvalue weighted by Gasteiger charge is -2.05. The maximum Gasteiger partial charge on any atom is 0.234 e. The van der Waals surface area contributed by atoms with E-state index in [0.717, 1.165) is 17.2 Å². The van der Waals surface area contributed by atoms with Crippen molar-refractivity contribution in [3.8, 4) is 17.0 Å². The molecule has 1 N–H and O–H groups in total. The Morgan fingerprint density at radius 2 is 2.05 bits per heavy atom. The molecule has 116 valence electrons. The van der Waals surface area contributed by atoms with Crippen LogP contribution in [0.3, 0.4) is 0 Å². The summed E-state index contributed by atoms with van der Waals surface area (Å²) in [5, 5.41) is 13.1. The highest BCUT2D eigenvalue weighted by Gasteiger charge is 2.24. The number of nitrogens with zero attached hydrogens (tertiary/aromatic N) is 1. The van der Waals surface area contributed by atoms with E-state index in [2.05, 4.69) is 11.5 Å². The van der Waals surface area contributed by atoms with Gasteiger partial charge in [-0.25, -0.2) is 0 Å². The number of thiazole rings is 1. The average Bonchev–Trinajstić information content (AvgIpc) is 2.79. The molecule has 1 aromatic carbocycles. The minimum absolute atomic E-state index is 0. The minimum atomic E-state index is -0.0613. The van der Waals surface area contributed by atoms with Crippen LogP contribution in [0.25, 0.3) is 22.2 Å². The molecule has 0 spiro atoms. The number of halogens is 1. The van der Waals surface area contributed by atoms with Crippen LogP contribution in [0, 0.1) is 13.8 Å². The van der Waals surface area contributed by atoms with Gasteiger partial charge in [0, 0.05) is 13.0 Å². The van der Waals surface area contributed by atoms with Crippen LogP contribution in [-0.2, 0) is 6.54 Å². The summed E-state index contributed by atoms with van der Waals surface area (Å²) in [6.45, 7) is 6.68. The average molecular weight is 338 g/mol. The van der Waals surface area contributed by atoms with Gasteiger partial charge in [-0.1, -0.05) is 11.3 Å². The van der Waals surface area contributed by atoms with Crippen LogP contribution in [0.1, 0.15) is 17.7 Å². The molecule has 6 heteroatoms. The van der Waals surface area contributed by atoms with Crippen LogP contribution in [0.2, 0.25) is 0 Å². The van der Waals surface area contributed by atoms with Gasteiger partial charge in [0.1, 0.15) is 29.2 Å². The highest BCUT2D eigenvalue weighted by atomic mass is 35.5. The molecule has 0 aliphatic carbocycles. The summed E-state index contributed by atoms with van der Waals surface area (Å²) in [4.78, 5) is 12.8. The molecular weight excluding hydrogens is 322 g/mol. The zero-order chi connectivity index (χ0) is 15.1. The second-order valence-corrected chi connectivity index (χ2v) is 5.99. The fourth-order valence-corrected chi connectivity index (χ4v) is 3.50. The lowest BCUT2D eigenvalue weighted by atomic mass is 10.1. The van der Waals surface area contributed by atoms with E-state index in [9.17, 15) is 9.90 Å². The van der Waals surface area contributed by atoms with E-state index in [1.54, 1.807) is 24.3 Å². The second-order valence-electron chi connectivity index (χ2n) is 4.93. The van der Waals surface area contributed by atoms with Gasteiger partial charge in [0.15, 0.2) is 0 Å². The summed E-state index contributed by atoms with van der Waals surface area (Å²) >= 11 is 1.62. The van der Waals surface area contributed by atoms with Gasteiger partial charge in [-0.05, 0) is 26.0 Å². The van der Waals surface area contributed by atoms with Crippen molar-refractivity contribution in [3.63, 3.8) is 0 Å². The lowest BCUT2D eigenvalue weighted by molar-refractivity contribution is -0.683. The standard InChI is InChI=1S/C16H15NO3S.ClH/c1-4-17-10(3)21-8-13(17)15-9(2)20-14-7-11(18)5-6-12(14)16(15)19;/h5-8H,4H2,1-3H3;1H. The van der Waals surface area contributed by atoms with E-state index < -0.39 is 0 Å². The Bertz CT molecular complexity index is 898. The van der Waals surface area contributed by atoms with Crippen molar-refractivity contribution in [1.29, 1.82) is 0 Å². The molecule has 22 heavy (non-hydrogen) atoms. The van der Waals surface area contributed by atoms with E-state index in [1.165, 1.54) is 12.1 Å². The maximum absolute atomic E-state index is 12.8. The summed E-state index contributed by atoms with van der Waals surface area (Å²) in [6, 6.07) is 4.58. The summed E-state index contributed by atoms with van der Waals surface area (Å²) in [7, 11) is 0. The number of hydrogen-bond donors (Lipinski definition) is 1. The molecule has 0 saturated heterocycles. The number of aromatic nitrogens is 1.